The molecule has 0 spiro atoms. The van der Waals surface area contributed by atoms with Gasteiger partial charge in [0.25, 0.3) is 20.6 Å². The Kier molecular flexibility index (Phi) is 3.96. The highest BCUT2D eigenvalue weighted by molar-refractivity contribution is 8.13. The van der Waals surface area contributed by atoms with Crippen molar-refractivity contribution in [2.24, 2.45) is 0 Å². The molecule has 1 N–H and O–H groups in total. The van der Waals surface area contributed by atoms with Crippen molar-refractivity contribution >= 4 is 31.3 Å². The molecule has 1 saturated carbocycles. The lowest BCUT2D eigenvalue weighted by Crippen LogP contribution is -2.39. The number of amides is 1. The first-order valence-corrected chi connectivity index (χ1v) is 8.13. The van der Waals surface area contributed by atoms with Gasteiger partial charge in [-0.3, -0.25) is 14.9 Å². The first-order valence-electron chi connectivity index (χ1n) is 5.82. The zero-order chi connectivity index (χ0) is 14.9. The van der Waals surface area contributed by atoms with Gasteiger partial charge in [0.1, 0.15) is 0 Å². The number of hydrogen-bond donors (Lipinski definition) is 1. The Bertz CT molecular complexity index is 669. The number of hydrogen-bond acceptors (Lipinski definition) is 5. The van der Waals surface area contributed by atoms with Gasteiger partial charge in [-0.1, -0.05) is 0 Å². The molecule has 1 aliphatic rings. The summed E-state index contributed by atoms with van der Waals surface area (Å²) < 4.78 is 22.6. The van der Waals surface area contributed by atoms with Crippen LogP contribution in [0.4, 0.5) is 5.69 Å². The van der Waals surface area contributed by atoms with Crippen molar-refractivity contribution in [1.82, 2.24) is 5.32 Å². The fourth-order valence-electron chi connectivity index (χ4n) is 1.78. The Balaban J connectivity index is 2.38. The van der Waals surface area contributed by atoms with Crippen molar-refractivity contribution in [3.8, 4) is 0 Å². The van der Waals surface area contributed by atoms with E-state index in [1.807, 2.05) is 0 Å². The third-order valence-corrected chi connectivity index (χ3v) is 4.42. The molecule has 1 aliphatic carbocycles. The predicted molar refractivity (Wildman–Crippen MR) is 71.2 cm³/mol. The van der Waals surface area contributed by atoms with Crippen LogP contribution in [0.3, 0.4) is 0 Å². The molecule has 2 rings (SSSR count). The number of nitro benzene ring substituents is 1. The third kappa shape index (κ3) is 3.26. The third-order valence-electron chi connectivity index (χ3n) is 3.09. The quantitative estimate of drug-likeness (QED) is 0.517. The van der Waals surface area contributed by atoms with Gasteiger partial charge < -0.3 is 5.32 Å². The second-order valence-electron chi connectivity index (χ2n) is 4.51. The lowest BCUT2D eigenvalue weighted by Gasteiger charge is -2.26. The zero-order valence-electron chi connectivity index (χ0n) is 10.2. The fraction of sp³-hybridized carbons (Fsp3) is 0.364. The molecule has 0 bridgehead atoms. The van der Waals surface area contributed by atoms with Gasteiger partial charge in [-0.15, -0.1) is 0 Å². The summed E-state index contributed by atoms with van der Waals surface area (Å²) in [5, 5.41) is 13.5. The molecule has 1 aromatic rings. The molecule has 0 atom stereocenters. The Hall–Kier alpha value is -1.67. The van der Waals surface area contributed by atoms with Crippen LogP contribution < -0.4 is 5.32 Å². The van der Waals surface area contributed by atoms with E-state index in [1.165, 1.54) is 0 Å². The molecule has 0 heterocycles. The number of non-ortho nitro benzene ring substituents is 1. The molecule has 0 aliphatic heterocycles. The molecule has 1 amide bonds. The lowest BCUT2D eigenvalue weighted by molar-refractivity contribution is -0.385. The van der Waals surface area contributed by atoms with Crippen molar-refractivity contribution in [2.75, 3.05) is 0 Å². The molecule has 0 radical (unpaired) electrons. The standard InChI is InChI=1S/C11H11ClN2O5S/c12-20(18,19)10-5-7(4-9(6-10)14(16)17)11(15)13-8-2-1-3-8/h4-6,8H,1-3H2,(H,13,15). The number of carbonyl (C=O) groups excluding carboxylic acids is 1. The monoisotopic (exact) mass is 318 g/mol. The summed E-state index contributed by atoms with van der Waals surface area (Å²) in [6, 6.07) is 2.92. The molecule has 9 heteroatoms. The van der Waals surface area contributed by atoms with Crippen molar-refractivity contribution in [3.05, 3.63) is 33.9 Å². The molecule has 0 unspecified atom stereocenters. The molecule has 20 heavy (non-hydrogen) atoms. The maximum Gasteiger partial charge on any atom is 0.271 e. The number of carbonyl (C=O) groups is 1. The normalized spacial score (nSPS) is 15.4. The lowest BCUT2D eigenvalue weighted by atomic mass is 9.93. The van der Waals surface area contributed by atoms with Gasteiger partial charge in [-0.25, -0.2) is 8.42 Å². The van der Waals surface area contributed by atoms with Gasteiger partial charge in [0, 0.05) is 34.4 Å². The summed E-state index contributed by atoms with van der Waals surface area (Å²) in [5.74, 6) is -0.542. The van der Waals surface area contributed by atoms with Crippen LogP contribution in [0.5, 0.6) is 0 Å². The number of rotatable bonds is 4. The largest absolute Gasteiger partial charge is 0.349 e. The van der Waals surface area contributed by atoms with E-state index in [0.29, 0.717) is 0 Å². The van der Waals surface area contributed by atoms with E-state index < -0.39 is 30.5 Å². The molecular weight excluding hydrogens is 308 g/mol. The van der Waals surface area contributed by atoms with E-state index in [4.69, 9.17) is 10.7 Å². The van der Waals surface area contributed by atoms with Crippen LogP contribution in [0, 0.1) is 10.1 Å². The van der Waals surface area contributed by atoms with E-state index in [0.717, 1.165) is 37.5 Å². The first-order chi connectivity index (χ1) is 9.27. The molecule has 0 saturated heterocycles. The fourth-order valence-corrected chi connectivity index (χ4v) is 2.58. The summed E-state index contributed by atoms with van der Waals surface area (Å²) in [4.78, 5) is 21.5. The molecule has 0 aromatic heterocycles. The number of nitro groups is 1. The van der Waals surface area contributed by atoms with E-state index in [1.54, 1.807) is 0 Å². The number of nitrogens with one attached hydrogen (secondary N) is 1. The van der Waals surface area contributed by atoms with Gasteiger partial charge in [0.15, 0.2) is 0 Å². The Labute approximate surface area is 119 Å². The van der Waals surface area contributed by atoms with Crippen LogP contribution in [0.15, 0.2) is 23.1 Å². The summed E-state index contributed by atoms with van der Waals surface area (Å²) >= 11 is 0. The minimum atomic E-state index is -4.15. The number of nitrogens with zero attached hydrogens (tertiary/aromatic N) is 1. The highest BCUT2D eigenvalue weighted by atomic mass is 35.7. The van der Waals surface area contributed by atoms with Crippen LogP contribution in [0.2, 0.25) is 0 Å². The van der Waals surface area contributed by atoms with E-state index in [9.17, 15) is 23.3 Å². The zero-order valence-corrected chi connectivity index (χ0v) is 11.8. The highest BCUT2D eigenvalue weighted by Gasteiger charge is 2.23. The molecule has 1 aromatic carbocycles. The van der Waals surface area contributed by atoms with Gasteiger partial charge >= 0.3 is 0 Å². The van der Waals surface area contributed by atoms with Crippen LogP contribution in [0.25, 0.3) is 0 Å². The second kappa shape index (κ2) is 5.37. The van der Waals surface area contributed by atoms with Crippen molar-refractivity contribution in [2.45, 2.75) is 30.2 Å². The van der Waals surface area contributed by atoms with Gasteiger partial charge in [0.05, 0.1) is 9.82 Å². The van der Waals surface area contributed by atoms with E-state index >= 15 is 0 Å². The molecule has 108 valence electrons. The van der Waals surface area contributed by atoms with Gasteiger partial charge in [-0.05, 0) is 25.3 Å². The van der Waals surface area contributed by atoms with E-state index in [2.05, 4.69) is 5.32 Å². The summed E-state index contributed by atoms with van der Waals surface area (Å²) in [7, 11) is 1.03. The average Bonchev–Trinajstić information content (AvgIpc) is 2.31. The molecular formula is C11H11ClN2O5S. The van der Waals surface area contributed by atoms with Crippen molar-refractivity contribution < 1.29 is 18.1 Å². The minimum Gasteiger partial charge on any atom is -0.349 e. The summed E-state index contributed by atoms with van der Waals surface area (Å²) in [5.41, 5.74) is -0.587. The Morgan fingerprint density at radius 2 is 2.00 bits per heavy atom. The van der Waals surface area contributed by atoms with Crippen molar-refractivity contribution in [1.29, 1.82) is 0 Å². The van der Waals surface area contributed by atoms with Crippen LogP contribution in [0.1, 0.15) is 29.6 Å². The Morgan fingerprint density at radius 3 is 2.45 bits per heavy atom. The van der Waals surface area contributed by atoms with Gasteiger partial charge in [-0.2, -0.15) is 0 Å². The highest BCUT2D eigenvalue weighted by Crippen LogP contribution is 2.24. The maximum atomic E-state index is 11.9. The maximum absolute atomic E-state index is 11.9. The van der Waals surface area contributed by atoms with Crippen LogP contribution >= 0.6 is 10.7 Å². The number of benzene rings is 1. The summed E-state index contributed by atoms with van der Waals surface area (Å²) in [6.45, 7) is 0. The molecule has 1 fully saturated rings. The predicted octanol–water partition coefficient (Wildman–Crippen LogP) is 1.80. The molecule has 7 nitrogen and oxygen atoms in total. The van der Waals surface area contributed by atoms with Gasteiger partial charge in [0.2, 0.25) is 0 Å². The summed E-state index contributed by atoms with van der Waals surface area (Å²) in [6.07, 6.45) is 2.71. The first kappa shape index (κ1) is 14.7. The SMILES string of the molecule is O=C(NC1CCC1)c1cc([N+](=O)[O-])cc(S(=O)(=O)Cl)c1. The second-order valence-corrected chi connectivity index (χ2v) is 7.08. The van der Waals surface area contributed by atoms with Crippen molar-refractivity contribution in [3.63, 3.8) is 0 Å². The smallest absolute Gasteiger partial charge is 0.271 e. The topological polar surface area (TPSA) is 106 Å². The number of halogens is 1. The average molecular weight is 319 g/mol. The Morgan fingerprint density at radius 1 is 1.35 bits per heavy atom. The van der Waals surface area contributed by atoms with Crippen LogP contribution in [-0.2, 0) is 9.05 Å². The van der Waals surface area contributed by atoms with Crippen LogP contribution in [-0.4, -0.2) is 25.3 Å². The minimum absolute atomic E-state index is 0.0396. The van der Waals surface area contributed by atoms with E-state index in [-0.39, 0.29) is 11.6 Å².